The molecule has 1 fully saturated rings. The van der Waals surface area contributed by atoms with Crippen LogP contribution >= 0.6 is 0 Å². The van der Waals surface area contributed by atoms with Gasteiger partial charge in [-0.15, -0.1) is 0 Å². The number of hydrogen-bond donors (Lipinski definition) is 0. The zero-order valence-electron chi connectivity index (χ0n) is 17.5. The molecule has 0 unspecified atom stereocenters. The van der Waals surface area contributed by atoms with Gasteiger partial charge in [0.25, 0.3) is 5.91 Å². The molecule has 0 aliphatic carbocycles. The number of fused-ring (bicyclic) bond motifs is 1. The van der Waals surface area contributed by atoms with Crippen LogP contribution in [-0.2, 0) is 16.0 Å². The standard InChI is InChI=1S/C25H25FN2O3/c1-2-31-24(30)25(15-18-8-10-21(26)11-9-18)12-5-13-28(17-25)23(29)22-14-19-6-3-4-7-20(19)16-27-22/h3-4,6-11,14,16H,2,5,12-13,15,17H2,1H3/t25-/m1/s1. The van der Waals surface area contributed by atoms with Crippen LogP contribution in [0.1, 0.15) is 35.8 Å². The van der Waals surface area contributed by atoms with Crippen molar-refractivity contribution in [1.29, 1.82) is 0 Å². The molecular formula is C25H25FN2O3. The molecule has 6 heteroatoms. The summed E-state index contributed by atoms with van der Waals surface area (Å²) in [6, 6.07) is 15.7. The van der Waals surface area contributed by atoms with E-state index in [1.165, 1.54) is 12.1 Å². The number of esters is 1. The van der Waals surface area contributed by atoms with Gasteiger partial charge in [0.1, 0.15) is 11.5 Å². The Kier molecular flexibility index (Phi) is 5.98. The van der Waals surface area contributed by atoms with E-state index in [2.05, 4.69) is 4.98 Å². The second kappa shape index (κ2) is 8.84. The van der Waals surface area contributed by atoms with E-state index < -0.39 is 5.41 Å². The van der Waals surface area contributed by atoms with E-state index in [0.29, 0.717) is 31.5 Å². The summed E-state index contributed by atoms with van der Waals surface area (Å²) in [7, 11) is 0. The Morgan fingerprint density at radius 1 is 1.13 bits per heavy atom. The molecule has 5 nitrogen and oxygen atoms in total. The van der Waals surface area contributed by atoms with Crippen LogP contribution in [0.5, 0.6) is 0 Å². The van der Waals surface area contributed by atoms with Gasteiger partial charge in [0, 0.05) is 24.7 Å². The fourth-order valence-electron chi connectivity index (χ4n) is 4.33. The molecule has 0 bridgehead atoms. The Morgan fingerprint density at radius 3 is 2.61 bits per heavy atom. The number of aromatic nitrogens is 1. The third kappa shape index (κ3) is 4.43. The maximum absolute atomic E-state index is 13.4. The SMILES string of the molecule is CCOC(=O)[C@@]1(Cc2ccc(F)cc2)CCCN(C(=O)c2cc3ccccc3cn2)C1. The number of benzene rings is 2. The predicted molar refractivity (Wildman–Crippen MR) is 116 cm³/mol. The van der Waals surface area contributed by atoms with Gasteiger partial charge in [-0.25, -0.2) is 4.39 Å². The van der Waals surface area contributed by atoms with E-state index in [1.54, 1.807) is 36.2 Å². The molecule has 1 aliphatic heterocycles. The molecule has 0 N–H and O–H groups in total. The third-order valence-electron chi connectivity index (χ3n) is 5.88. The molecule has 1 aromatic heterocycles. The summed E-state index contributed by atoms with van der Waals surface area (Å²) in [5, 5.41) is 1.91. The minimum atomic E-state index is -0.863. The summed E-state index contributed by atoms with van der Waals surface area (Å²) in [4.78, 5) is 32.3. The summed E-state index contributed by atoms with van der Waals surface area (Å²) in [6.45, 7) is 2.84. The van der Waals surface area contributed by atoms with E-state index >= 15 is 0 Å². The Bertz CT molecular complexity index is 1100. The van der Waals surface area contributed by atoms with E-state index in [0.717, 1.165) is 16.3 Å². The highest BCUT2D eigenvalue weighted by Gasteiger charge is 2.45. The smallest absolute Gasteiger partial charge is 0.314 e. The van der Waals surface area contributed by atoms with Crippen molar-refractivity contribution in [3.05, 3.63) is 77.9 Å². The molecule has 2 aromatic carbocycles. The zero-order chi connectivity index (χ0) is 21.8. The van der Waals surface area contributed by atoms with Crippen LogP contribution in [-0.4, -0.2) is 41.5 Å². The lowest BCUT2D eigenvalue weighted by molar-refractivity contribution is -0.158. The molecule has 0 spiro atoms. The van der Waals surface area contributed by atoms with Crippen molar-refractivity contribution in [2.24, 2.45) is 5.41 Å². The average molecular weight is 420 g/mol. The molecule has 31 heavy (non-hydrogen) atoms. The second-order valence-corrected chi connectivity index (χ2v) is 8.05. The first-order chi connectivity index (χ1) is 15.0. The minimum Gasteiger partial charge on any atom is -0.466 e. The zero-order valence-corrected chi connectivity index (χ0v) is 17.5. The maximum atomic E-state index is 13.4. The second-order valence-electron chi connectivity index (χ2n) is 8.05. The summed E-state index contributed by atoms with van der Waals surface area (Å²) in [6.07, 6.45) is 3.38. The minimum absolute atomic E-state index is 0.196. The van der Waals surface area contributed by atoms with Gasteiger partial charge < -0.3 is 9.64 Å². The number of hydrogen-bond acceptors (Lipinski definition) is 4. The number of pyridine rings is 1. The number of carbonyl (C=O) groups is 2. The van der Waals surface area contributed by atoms with Gasteiger partial charge in [0.2, 0.25) is 0 Å². The number of halogens is 1. The van der Waals surface area contributed by atoms with E-state index in [1.807, 2.05) is 24.3 Å². The van der Waals surface area contributed by atoms with Crippen molar-refractivity contribution >= 4 is 22.6 Å². The van der Waals surface area contributed by atoms with E-state index in [-0.39, 0.29) is 30.8 Å². The van der Waals surface area contributed by atoms with Gasteiger partial charge in [-0.1, -0.05) is 36.4 Å². The number of rotatable bonds is 5. The van der Waals surface area contributed by atoms with Crippen molar-refractivity contribution in [2.45, 2.75) is 26.2 Å². The molecule has 1 atom stereocenters. The van der Waals surface area contributed by atoms with Gasteiger partial charge in [-0.05, 0) is 55.3 Å². The molecule has 0 radical (unpaired) electrons. The monoisotopic (exact) mass is 420 g/mol. The van der Waals surface area contributed by atoms with Crippen molar-refractivity contribution in [3.63, 3.8) is 0 Å². The highest BCUT2D eigenvalue weighted by Crippen LogP contribution is 2.36. The Morgan fingerprint density at radius 2 is 1.87 bits per heavy atom. The lowest BCUT2D eigenvalue weighted by Gasteiger charge is -2.41. The summed E-state index contributed by atoms with van der Waals surface area (Å²) >= 11 is 0. The largest absolute Gasteiger partial charge is 0.466 e. The quantitative estimate of drug-likeness (QED) is 0.574. The number of nitrogens with zero attached hydrogens (tertiary/aromatic N) is 2. The average Bonchev–Trinajstić information content (AvgIpc) is 2.80. The normalized spacial score (nSPS) is 18.7. The Labute approximate surface area is 180 Å². The third-order valence-corrected chi connectivity index (χ3v) is 5.88. The van der Waals surface area contributed by atoms with Crippen molar-refractivity contribution < 1.29 is 18.7 Å². The van der Waals surface area contributed by atoms with Gasteiger partial charge in [-0.2, -0.15) is 0 Å². The van der Waals surface area contributed by atoms with E-state index in [9.17, 15) is 14.0 Å². The van der Waals surface area contributed by atoms with Crippen LogP contribution in [0.25, 0.3) is 10.8 Å². The Hall–Kier alpha value is -3.28. The van der Waals surface area contributed by atoms with E-state index in [4.69, 9.17) is 4.74 Å². The fourth-order valence-corrected chi connectivity index (χ4v) is 4.33. The number of piperidine rings is 1. The predicted octanol–water partition coefficient (Wildman–Crippen LogP) is 4.40. The molecule has 1 aliphatic rings. The summed E-state index contributed by atoms with van der Waals surface area (Å²) in [5.41, 5.74) is 0.339. The fraction of sp³-hybridized carbons (Fsp3) is 0.320. The molecule has 160 valence electrons. The van der Waals surface area contributed by atoms with Crippen molar-refractivity contribution in [2.75, 3.05) is 19.7 Å². The first-order valence-electron chi connectivity index (χ1n) is 10.6. The van der Waals surface area contributed by atoms with Gasteiger partial charge >= 0.3 is 5.97 Å². The lowest BCUT2D eigenvalue weighted by atomic mass is 9.75. The number of amides is 1. The number of ether oxygens (including phenoxy) is 1. The maximum Gasteiger partial charge on any atom is 0.314 e. The van der Waals surface area contributed by atoms with Crippen molar-refractivity contribution in [3.8, 4) is 0 Å². The van der Waals surface area contributed by atoms with Crippen molar-refractivity contribution in [1.82, 2.24) is 9.88 Å². The van der Waals surface area contributed by atoms with Crippen LogP contribution in [0.3, 0.4) is 0 Å². The Balaban J connectivity index is 1.61. The lowest BCUT2D eigenvalue weighted by Crippen LogP contribution is -2.51. The summed E-state index contributed by atoms with van der Waals surface area (Å²) in [5.74, 6) is -0.835. The molecule has 0 saturated carbocycles. The first-order valence-corrected chi connectivity index (χ1v) is 10.6. The molecule has 4 rings (SSSR count). The molecule has 2 heterocycles. The van der Waals surface area contributed by atoms with Gasteiger partial charge in [0.15, 0.2) is 0 Å². The first kappa shape index (κ1) is 21.0. The topological polar surface area (TPSA) is 59.5 Å². The highest BCUT2D eigenvalue weighted by atomic mass is 19.1. The van der Waals surface area contributed by atoms with Gasteiger partial charge in [0.05, 0.1) is 12.0 Å². The van der Waals surface area contributed by atoms with Gasteiger partial charge in [-0.3, -0.25) is 14.6 Å². The highest BCUT2D eigenvalue weighted by molar-refractivity contribution is 5.96. The van der Waals surface area contributed by atoms with Crippen LogP contribution in [0.2, 0.25) is 0 Å². The molecule has 3 aromatic rings. The van der Waals surface area contributed by atoms with Crippen LogP contribution in [0.15, 0.2) is 60.8 Å². The number of likely N-dealkylation sites (tertiary alicyclic amines) is 1. The molecule has 1 amide bonds. The van der Waals surface area contributed by atoms with Crippen LogP contribution < -0.4 is 0 Å². The van der Waals surface area contributed by atoms with Crippen LogP contribution in [0, 0.1) is 11.2 Å². The van der Waals surface area contributed by atoms with Crippen LogP contribution in [0.4, 0.5) is 4.39 Å². The molecule has 1 saturated heterocycles. The number of carbonyl (C=O) groups excluding carboxylic acids is 2. The molecular weight excluding hydrogens is 395 g/mol. The summed E-state index contributed by atoms with van der Waals surface area (Å²) < 4.78 is 18.8.